The van der Waals surface area contributed by atoms with Crippen LogP contribution in [-0.2, 0) is 16.1 Å². The van der Waals surface area contributed by atoms with E-state index < -0.39 is 5.97 Å². The number of ether oxygens (including phenoxy) is 2. The van der Waals surface area contributed by atoms with Gasteiger partial charge in [-0.05, 0) is 6.07 Å². The van der Waals surface area contributed by atoms with E-state index in [1.807, 2.05) is 24.3 Å². The molecule has 102 valence electrons. The van der Waals surface area contributed by atoms with E-state index in [0.717, 1.165) is 27.4 Å². The Morgan fingerprint density at radius 1 is 1.25 bits per heavy atom. The molecule has 5 nitrogen and oxygen atoms in total. The summed E-state index contributed by atoms with van der Waals surface area (Å²) in [6, 6.07) is 7.92. The van der Waals surface area contributed by atoms with E-state index in [4.69, 9.17) is 9.47 Å². The number of H-pyrrole nitrogens is 1. The second kappa shape index (κ2) is 4.94. The van der Waals surface area contributed by atoms with Crippen molar-refractivity contribution in [1.29, 1.82) is 0 Å². The third-order valence-electron chi connectivity index (χ3n) is 3.31. The number of nitrogens with zero attached hydrogens (tertiary/aromatic N) is 1. The third kappa shape index (κ3) is 1.83. The van der Waals surface area contributed by atoms with Crippen molar-refractivity contribution in [1.82, 2.24) is 9.97 Å². The molecule has 0 saturated carbocycles. The quantitative estimate of drug-likeness (QED) is 0.743. The van der Waals surface area contributed by atoms with E-state index in [-0.39, 0.29) is 0 Å². The summed E-state index contributed by atoms with van der Waals surface area (Å²) in [6.45, 7) is 0.302. The minimum atomic E-state index is -0.454. The molecule has 1 aromatic carbocycles. The van der Waals surface area contributed by atoms with Crippen molar-refractivity contribution in [2.24, 2.45) is 0 Å². The van der Waals surface area contributed by atoms with Gasteiger partial charge in [0.15, 0.2) is 5.69 Å². The topological polar surface area (TPSA) is 64.2 Å². The van der Waals surface area contributed by atoms with Crippen molar-refractivity contribution in [3.05, 3.63) is 41.7 Å². The number of hydrogen-bond donors (Lipinski definition) is 1. The fourth-order valence-corrected chi connectivity index (χ4v) is 2.47. The van der Waals surface area contributed by atoms with E-state index in [2.05, 4.69) is 9.97 Å². The van der Waals surface area contributed by atoms with Crippen LogP contribution in [0.1, 0.15) is 16.1 Å². The Hall–Kier alpha value is -2.40. The zero-order valence-electron chi connectivity index (χ0n) is 11.3. The average molecular weight is 270 g/mol. The molecule has 2 heterocycles. The molecule has 1 N–H and O–H groups in total. The molecular formula is C15H14N2O3. The Kier molecular flexibility index (Phi) is 3.12. The predicted octanol–water partition coefficient (Wildman–Crippen LogP) is 2.65. The molecule has 0 radical (unpaired) electrons. The minimum Gasteiger partial charge on any atom is -0.464 e. The number of benzene rings is 1. The molecule has 0 amide bonds. The van der Waals surface area contributed by atoms with Crippen molar-refractivity contribution in [2.75, 3.05) is 14.2 Å². The molecule has 0 fully saturated rings. The highest BCUT2D eigenvalue weighted by Crippen LogP contribution is 2.30. The van der Waals surface area contributed by atoms with Gasteiger partial charge in [-0.3, -0.25) is 0 Å². The maximum atomic E-state index is 11.9. The summed E-state index contributed by atoms with van der Waals surface area (Å²) in [7, 11) is 2.94. The first kappa shape index (κ1) is 12.6. The Bertz CT molecular complexity index is 792. The first-order valence-electron chi connectivity index (χ1n) is 6.21. The Labute approximate surface area is 115 Å². The van der Waals surface area contributed by atoms with Crippen molar-refractivity contribution in [3.63, 3.8) is 0 Å². The lowest BCUT2D eigenvalue weighted by atomic mass is 10.1. The molecule has 0 saturated heterocycles. The van der Waals surface area contributed by atoms with Gasteiger partial charge in [0, 0.05) is 29.0 Å². The van der Waals surface area contributed by atoms with Crippen LogP contribution < -0.4 is 0 Å². The van der Waals surface area contributed by atoms with Gasteiger partial charge < -0.3 is 14.5 Å². The van der Waals surface area contributed by atoms with Crippen LogP contribution in [0, 0.1) is 0 Å². The molecule has 0 atom stereocenters. The SMILES string of the molecule is COCc1c(C(=O)OC)ncc2[nH]c3ccccc3c12. The Balaban J connectivity index is 2.40. The van der Waals surface area contributed by atoms with Crippen molar-refractivity contribution < 1.29 is 14.3 Å². The number of aromatic amines is 1. The third-order valence-corrected chi connectivity index (χ3v) is 3.31. The van der Waals surface area contributed by atoms with Crippen LogP contribution in [0.3, 0.4) is 0 Å². The average Bonchev–Trinajstić information content (AvgIpc) is 2.86. The normalized spacial score (nSPS) is 11.1. The highest BCUT2D eigenvalue weighted by atomic mass is 16.5. The smallest absolute Gasteiger partial charge is 0.357 e. The summed E-state index contributed by atoms with van der Waals surface area (Å²) >= 11 is 0. The number of fused-ring (bicyclic) bond motifs is 3. The van der Waals surface area contributed by atoms with Crippen LogP contribution in [0.4, 0.5) is 0 Å². The summed E-state index contributed by atoms with van der Waals surface area (Å²) in [6.07, 6.45) is 1.65. The maximum Gasteiger partial charge on any atom is 0.357 e. The highest BCUT2D eigenvalue weighted by Gasteiger charge is 2.19. The lowest BCUT2D eigenvalue weighted by Gasteiger charge is -2.08. The zero-order valence-corrected chi connectivity index (χ0v) is 11.3. The number of rotatable bonds is 3. The molecule has 0 unspecified atom stereocenters. The summed E-state index contributed by atoms with van der Waals surface area (Å²) in [4.78, 5) is 19.4. The molecule has 0 aliphatic heterocycles. The van der Waals surface area contributed by atoms with Gasteiger partial charge in [0.05, 0.1) is 25.4 Å². The van der Waals surface area contributed by atoms with Crippen molar-refractivity contribution in [3.8, 4) is 0 Å². The summed E-state index contributed by atoms with van der Waals surface area (Å²) in [5.74, 6) is -0.454. The van der Waals surface area contributed by atoms with Crippen LogP contribution in [0.2, 0.25) is 0 Å². The predicted molar refractivity (Wildman–Crippen MR) is 75.7 cm³/mol. The van der Waals surface area contributed by atoms with Gasteiger partial charge >= 0.3 is 5.97 Å². The lowest BCUT2D eigenvalue weighted by Crippen LogP contribution is -2.09. The number of carbonyl (C=O) groups is 1. The van der Waals surface area contributed by atoms with E-state index in [9.17, 15) is 4.79 Å². The van der Waals surface area contributed by atoms with Crippen molar-refractivity contribution in [2.45, 2.75) is 6.61 Å². The Morgan fingerprint density at radius 3 is 2.80 bits per heavy atom. The van der Waals surface area contributed by atoms with Crippen LogP contribution >= 0.6 is 0 Å². The van der Waals surface area contributed by atoms with E-state index >= 15 is 0 Å². The van der Waals surface area contributed by atoms with E-state index in [1.165, 1.54) is 7.11 Å². The fourth-order valence-electron chi connectivity index (χ4n) is 2.47. The summed E-state index contributed by atoms with van der Waals surface area (Å²) in [5.41, 5.74) is 2.93. The molecule has 0 aliphatic rings. The number of esters is 1. The number of aromatic nitrogens is 2. The summed E-state index contributed by atoms with van der Waals surface area (Å²) in [5, 5.41) is 2.00. The molecule has 0 bridgehead atoms. The van der Waals surface area contributed by atoms with Gasteiger partial charge in [0.2, 0.25) is 0 Å². The lowest BCUT2D eigenvalue weighted by molar-refractivity contribution is 0.0589. The fraction of sp³-hybridized carbons (Fsp3) is 0.200. The van der Waals surface area contributed by atoms with Gasteiger partial charge in [-0.2, -0.15) is 0 Å². The van der Waals surface area contributed by atoms with Gasteiger partial charge in [0.1, 0.15) is 0 Å². The summed E-state index contributed by atoms with van der Waals surface area (Å²) < 4.78 is 10.0. The molecule has 5 heteroatoms. The standard InChI is InChI=1S/C15H14N2O3/c1-19-8-10-13-9-5-3-4-6-11(9)17-12(13)7-16-14(10)15(18)20-2/h3-7,17H,8H2,1-2H3. The maximum absolute atomic E-state index is 11.9. The molecular weight excluding hydrogens is 256 g/mol. The number of nitrogens with one attached hydrogen (secondary N) is 1. The first-order chi connectivity index (χ1) is 9.76. The molecule has 3 rings (SSSR count). The molecule has 20 heavy (non-hydrogen) atoms. The van der Waals surface area contributed by atoms with Crippen molar-refractivity contribution >= 4 is 27.8 Å². The Morgan fingerprint density at radius 2 is 2.05 bits per heavy atom. The minimum absolute atomic E-state index is 0.298. The second-order valence-corrected chi connectivity index (χ2v) is 4.47. The number of para-hydroxylation sites is 1. The monoisotopic (exact) mass is 270 g/mol. The van der Waals surface area contributed by atoms with Crippen LogP contribution in [0.5, 0.6) is 0 Å². The second-order valence-electron chi connectivity index (χ2n) is 4.47. The van der Waals surface area contributed by atoms with E-state index in [0.29, 0.717) is 12.3 Å². The highest BCUT2D eigenvalue weighted by molar-refractivity contribution is 6.10. The largest absolute Gasteiger partial charge is 0.464 e. The first-order valence-corrected chi connectivity index (χ1v) is 6.21. The zero-order chi connectivity index (χ0) is 14.1. The van der Waals surface area contributed by atoms with Gasteiger partial charge in [-0.1, -0.05) is 18.2 Å². The van der Waals surface area contributed by atoms with Crippen LogP contribution in [0.25, 0.3) is 21.8 Å². The van der Waals surface area contributed by atoms with Crippen LogP contribution in [0.15, 0.2) is 30.5 Å². The number of carbonyl (C=O) groups excluding carboxylic acids is 1. The number of hydrogen-bond acceptors (Lipinski definition) is 4. The van der Waals surface area contributed by atoms with E-state index in [1.54, 1.807) is 13.3 Å². The number of pyridine rings is 1. The molecule has 3 aromatic rings. The van der Waals surface area contributed by atoms with Gasteiger partial charge in [0.25, 0.3) is 0 Å². The van der Waals surface area contributed by atoms with Gasteiger partial charge in [-0.25, -0.2) is 9.78 Å². The molecule has 0 spiro atoms. The number of methoxy groups -OCH3 is 2. The van der Waals surface area contributed by atoms with Gasteiger partial charge in [-0.15, -0.1) is 0 Å². The molecule has 2 aromatic heterocycles. The molecule has 0 aliphatic carbocycles. The van der Waals surface area contributed by atoms with Crippen LogP contribution in [-0.4, -0.2) is 30.2 Å².